The van der Waals surface area contributed by atoms with Crippen LogP contribution in [0.15, 0.2) is 53.7 Å². The van der Waals surface area contributed by atoms with E-state index in [-0.39, 0.29) is 11.4 Å². The number of nitrogens with zero attached hydrogens (tertiary/aromatic N) is 2. The number of hydrogen-bond acceptors (Lipinski definition) is 4. The van der Waals surface area contributed by atoms with Gasteiger partial charge in [-0.2, -0.15) is 4.99 Å². The zero-order valence-corrected chi connectivity index (χ0v) is 12.1. The summed E-state index contributed by atoms with van der Waals surface area (Å²) in [6.45, 7) is 0. The standard InChI is InChI=1S/C14H11N3O4S/c18-13-11(15-14(19)17-8-4-7-12(13)17)9-22(20,21)16-10-5-2-1-3-6-10/h1-8,16H,9H2. The summed E-state index contributed by atoms with van der Waals surface area (Å²) in [6.07, 6.45) is 1.41. The van der Waals surface area contributed by atoms with Crippen LogP contribution in [0, 0.1) is 0 Å². The molecule has 1 aliphatic heterocycles. The Morgan fingerprint density at radius 2 is 1.77 bits per heavy atom. The van der Waals surface area contributed by atoms with Crippen LogP contribution in [0.2, 0.25) is 0 Å². The highest BCUT2D eigenvalue weighted by molar-refractivity contribution is 7.93. The van der Waals surface area contributed by atoms with Crippen LogP contribution < -0.4 is 4.72 Å². The molecular formula is C14H11N3O4S. The number of carbonyl (C=O) groups excluding carboxylic acids is 2. The van der Waals surface area contributed by atoms with Crippen molar-refractivity contribution in [3.05, 3.63) is 54.4 Å². The van der Waals surface area contributed by atoms with E-state index in [4.69, 9.17) is 0 Å². The van der Waals surface area contributed by atoms with Crippen molar-refractivity contribution in [3.8, 4) is 0 Å². The molecule has 2 heterocycles. The molecule has 8 heteroatoms. The van der Waals surface area contributed by atoms with E-state index in [2.05, 4.69) is 9.71 Å². The van der Waals surface area contributed by atoms with Crippen molar-refractivity contribution < 1.29 is 18.0 Å². The number of carbonyl (C=O) groups is 2. The molecule has 7 nitrogen and oxygen atoms in total. The largest absolute Gasteiger partial charge is 0.352 e. The first-order chi connectivity index (χ1) is 10.5. The van der Waals surface area contributed by atoms with Crippen molar-refractivity contribution in [2.45, 2.75) is 0 Å². The number of nitrogens with one attached hydrogen (secondary N) is 1. The molecule has 0 saturated heterocycles. The molecule has 1 N–H and O–H groups in total. The molecule has 0 aliphatic carbocycles. The quantitative estimate of drug-likeness (QED) is 0.924. The fourth-order valence-electron chi connectivity index (χ4n) is 2.10. The maximum atomic E-state index is 12.2. The molecular weight excluding hydrogens is 306 g/mol. The lowest BCUT2D eigenvalue weighted by atomic mass is 10.2. The topological polar surface area (TPSA) is 97.6 Å². The molecule has 1 aliphatic rings. The Bertz CT molecular complexity index is 882. The average molecular weight is 317 g/mol. The molecule has 22 heavy (non-hydrogen) atoms. The van der Waals surface area contributed by atoms with E-state index in [9.17, 15) is 18.0 Å². The van der Waals surface area contributed by atoms with Crippen LogP contribution in [0.5, 0.6) is 0 Å². The van der Waals surface area contributed by atoms with Gasteiger partial charge in [-0.15, -0.1) is 0 Å². The van der Waals surface area contributed by atoms with Crippen LogP contribution in [0.4, 0.5) is 10.5 Å². The Labute approximate surface area is 126 Å². The van der Waals surface area contributed by atoms with E-state index >= 15 is 0 Å². The first-order valence-electron chi connectivity index (χ1n) is 6.36. The normalized spacial score (nSPS) is 14.5. The predicted octanol–water partition coefficient (Wildman–Crippen LogP) is 1.54. The molecule has 0 saturated carbocycles. The number of benzene rings is 1. The molecule has 0 atom stereocenters. The second-order valence-electron chi connectivity index (χ2n) is 4.66. The highest BCUT2D eigenvalue weighted by atomic mass is 32.2. The summed E-state index contributed by atoms with van der Waals surface area (Å²) in [5.74, 6) is -1.22. The summed E-state index contributed by atoms with van der Waals surface area (Å²) in [5, 5.41) is 0. The van der Waals surface area contributed by atoms with Gasteiger partial charge in [0.25, 0.3) is 0 Å². The molecule has 0 spiro atoms. The number of para-hydroxylation sites is 1. The Hall–Kier alpha value is -2.74. The van der Waals surface area contributed by atoms with Gasteiger partial charge >= 0.3 is 6.03 Å². The van der Waals surface area contributed by atoms with Crippen LogP contribution in [0.3, 0.4) is 0 Å². The average Bonchev–Trinajstić information content (AvgIpc) is 2.95. The highest BCUT2D eigenvalue weighted by Gasteiger charge is 2.29. The van der Waals surface area contributed by atoms with E-state index < -0.39 is 27.6 Å². The number of rotatable bonds is 4. The second-order valence-corrected chi connectivity index (χ2v) is 6.38. The van der Waals surface area contributed by atoms with Crippen molar-refractivity contribution in [2.24, 2.45) is 4.99 Å². The zero-order valence-electron chi connectivity index (χ0n) is 11.3. The molecule has 2 aromatic rings. The second kappa shape index (κ2) is 5.23. The van der Waals surface area contributed by atoms with Crippen LogP contribution in [0.25, 0.3) is 0 Å². The van der Waals surface area contributed by atoms with Crippen LogP contribution in [-0.4, -0.2) is 36.3 Å². The van der Waals surface area contributed by atoms with Gasteiger partial charge in [0.2, 0.25) is 15.8 Å². The summed E-state index contributed by atoms with van der Waals surface area (Å²) in [7, 11) is -3.84. The molecule has 0 bridgehead atoms. The third-order valence-corrected chi connectivity index (χ3v) is 4.25. The predicted molar refractivity (Wildman–Crippen MR) is 80.8 cm³/mol. The van der Waals surface area contributed by atoms with E-state index in [1.165, 1.54) is 18.3 Å². The Balaban J connectivity index is 1.84. The third-order valence-electron chi connectivity index (χ3n) is 3.05. The minimum atomic E-state index is -3.84. The lowest BCUT2D eigenvalue weighted by Gasteiger charge is -2.13. The van der Waals surface area contributed by atoms with Crippen molar-refractivity contribution in [1.29, 1.82) is 0 Å². The van der Waals surface area contributed by atoms with Gasteiger partial charge in [-0.25, -0.2) is 13.2 Å². The highest BCUT2D eigenvalue weighted by Crippen LogP contribution is 2.14. The van der Waals surface area contributed by atoms with Crippen molar-refractivity contribution in [2.75, 3.05) is 10.5 Å². The molecule has 0 unspecified atom stereocenters. The van der Waals surface area contributed by atoms with Crippen LogP contribution >= 0.6 is 0 Å². The Morgan fingerprint density at radius 1 is 1.05 bits per heavy atom. The number of sulfonamides is 1. The number of ketones is 1. The fraction of sp³-hybridized carbons (Fsp3) is 0.0714. The van der Waals surface area contributed by atoms with Gasteiger partial charge < -0.3 is 0 Å². The summed E-state index contributed by atoms with van der Waals surface area (Å²) >= 11 is 0. The molecule has 1 aromatic heterocycles. The lowest BCUT2D eigenvalue weighted by Crippen LogP contribution is -2.34. The lowest BCUT2D eigenvalue weighted by molar-refractivity contribution is 0.105. The number of aliphatic imine (C=N–C) groups is 1. The van der Waals surface area contributed by atoms with Gasteiger partial charge in [-0.1, -0.05) is 18.2 Å². The molecule has 0 fully saturated rings. The van der Waals surface area contributed by atoms with Gasteiger partial charge in [-0.05, 0) is 24.3 Å². The van der Waals surface area contributed by atoms with Gasteiger partial charge in [0.1, 0.15) is 11.5 Å². The Morgan fingerprint density at radius 3 is 2.50 bits per heavy atom. The summed E-state index contributed by atoms with van der Waals surface area (Å²) < 4.78 is 27.6. The van der Waals surface area contributed by atoms with Crippen molar-refractivity contribution in [3.63, 3.8) is 0 Å². The van der Waals surface area contributed by atoms with Gasteiger partial charge in [-0.3, -0.25) is 14.1 Å². The van der Waals surface area contributed by atoms with E-state index in [0.29, 0.717) is 5.69 Å². The van der Waals surface area contributed by atoms with Crippen molar-refractivity contribution in [1.82, 2.24) is 4.57 Å². The smallest absolute Gasteiger partial charge is 0.285 e. The monoisotopic (exact) mass is 317 g/mol. The molecule has 1 aromatic carbocycles. The maximum absolute atomic E-state index is 12.2. The minimum absolute atomic E-state index is 0.116. The van der Waals surface area contributed by atoms with Crippen molar-refractivity contribution >= 4 is 33.2 Å². The molecule has 3 rings (SSSR count). The number of fused-ring (bicyclic) bond motifs is 1. The number of amides is 1. The number of hydrogen-bond donors (Lipinski definition) is 1. The minimum Gasteiger partial charge on any atom is -0.285 e. The van der Waals surface area contributed by atoms with Crippen LogP contribution in [0.1, 0.15) is 10.5 Å². The van der Waals surface area contributed by atoms with Crippen LogP contribution in [-0.2, 0) is 10.0 Å². The summed E-state index contributed by atoms with van der Waals surface area (Å²) in [5.41, 5.74) is 0.200. The summed E-state index contributed by atoms with van der Waals surface area (Å²) in [6, 6.07) is 10.6. The fourth-order valence-corrected chi connectivity index (χ4v) is 3.22. The SMILES string of the molecule is O=C1C(CS(=O)(=O)Nc2ccccc2)=NC(=O)n2cccc21. The van der Waals surface area contributed by atoms with Gasteiger partial charge in [0.15, 0.2) is 0 Å². The molecule has 0 radical (unpaired) electrons. The third kappa shape index (κ3) is 2.68. The number of Topliss-reactive ketones (excluding diaryl/α,β-unsaturated/α-hetero) is 1. The van der Waals surface area contributed by atoms with E-state index in [1.807, 2.05) is 0 Å². The Kier molecular flexibility index (Phi) is 3.38. The first-order valence-corrected chi connectivity index (χ1v) is 8.01. The molecule has 1 amide bonds. The maximum Gasteiger partial charge on any atom is 0.352 e. The summed E-state index contributed by atoms with van der Waals surface area (Å²) in [4.78, 5) is 27.5. The zero-order chi connectivity index (χ0) is 15.7. The number of aromatic nitrogens is 1. The first kappa shape index (κ1) is 14.2. The van der Waals surface area contributed by atoms with E-state index in [0.717, 1.165) is 4.57 Å². The van der Waals surface area contributed by atoms with Gasteiger partial charge in [0, 0.05) is 11.9 Å². The van der Waals surface area contributed by atoms with E-state index in [1.54, 1.807) is 30.3 Å². The van der Waals surface area contributed by atoms with Gasteiger partial charge in [0.05, 0.1) is 5.69 Å². The number of anilines is 1. The molecule has 112 valence electrons.